The van der Waals surface area contributed by atoms with E-state index in [-0.39, 0.29) is 0 Å². The van der Waals surface area contributed by atoms with Gasteiger partial charge in [-0.15, -0.1) is 0 Å². The quantitative estimate of drug-likeness (QED) is 0.794. The summed E-state index contributed by atoms with van der Waals surface area (Å²) in [5.74, 6) is 0.682. The first-order valence-corrected chi connectivity index (χ1v) is 7.34. The minimum Gasteiger partial charge on any atom is -0.379 e. The molecule has 100 valence electrons. The molecule has 17 heavy (non-hydrogen) atoms. The molecular weight excluding hydrogens is 212 g/mol. The van der Waals surface area contributed by atoms with Gasteiger partial charge in [-0.05, 0) is 26.4 Å². The lowest BCUT2D eigenvalue weighted by molar-refractivity contribution is 0.124. The van der Waals surface area contributed by atoms with E-state index in [2.05, 4.69) is 24.2 Å². The van der Waals surface area contributed by atoms with Gasteiger partial charge in [0.1, 0.15) is 0 Å². The van der Waals surface area contributed by atoms with Crippen molar-refractivity contribution in [3.8, 4) is 0 Å². The highest BCUT2D eigenvalue weighted by atomic mass is 16.5. The summed E-state index contributed by atoms with van der Waals surface area (Å²) in [4.78, 5) is 2.70. The van der Waals surface area contributed by atoms with Crippen LogP contribution in [0.1, 0.15) is 39.0 Å². The zero-order valence-electron chi connectivity index (χ0n) is 11.5. The first kappa shape index (κ1) is 13.3. The Morgan fingerprint density at radius 1 is 1.18 bits per heavy atom. The predicted octanol–water partition coefficient (Wildman–Crippen LogP) is 1.88. The van der Waals surface area contributed by atoms with Crippen LogP contribution in [-0.4, -0.2) is 50.3 Å². The Bertz CT molecular complexity index is 216. The van der Waals surface area contributed by atoms with Crippen molar-refractivity contribution in [1.29, 1.82) is 0 Å². The monoisotopic (exact) mass is 240 g/mol. The lowest BCUT2D eigenvalue weighted by atomic mass is 9.93. The summed E-state index contributed by atoms with van der Waals surface area (Å²) in [7, 11) is 2.06. The standard InChI is InChI=1S/C14H28N2O/c1-3-16(13-7-5-4-6-8-13)9-12-10-17-11-14(12)15-2/h12-15H,3-11H2,1-2H3. The Kier molecular flexibility index (Phi) is 5.26. The maximum Gasteiger partial charge on any atom is 0.0623 e. The molecule has 2 unspecified atom stereocenters. The number of ether oxygens (including phenoxy) is 1. The van der Waals surface area contributed by atoms with Gasteiger partial charge in [-0.1, -0.05) is 26.2 Å². The highest BCUT2D eigenvalue weighted by molar-refractivity contribution is 4.85. The van der Waals surface area contributed by atoms with Crippen molar-refractivity contribution in [2.24, 2.45) is 5.92 Å². The summed E-state index contributed by atoms with van der Waals surface area (Å²) in [6, 6.07) is 1.40. The Labute approximate surface area is 106 Å². The van der Waals surface area contributed by atoms with Crippen LogP contribution >= 0.6 is 0 Å². The second kappa shape index (κ2) is 6.72. The smallest absolute Gasteiger partial charge is 0.0623 e. The van der Waals surface area contributed by atoms with Crippen LogP contribution in [0.15, 0.2) is 0 Å². The van der Waals surface area contributed by atoms with Gasteiger partial charge in [-0.25, -0.2) is 0 Å². The van der Waals surface area contributed by atoms with Gasteiger partial charge in [0.15, 0.2) is 0 Å². The van der Waals surface area contributed by atoms with Crippen molar-refractivity contribution in [1.82, 2.24) is 10.2 Å². The van der Waals surface area contributed by atoms with Crippen molar-refractivity contribution < 1.29 is 4.74 Å². The lowest BCUT2D eigenvalue weighted by Crippen LogP contribution is -2.44. The van der Waals surface area contributed by atoms with Crippen LogP contribution in [0.2, 0.25) is 0 Å². The maximum absolute atomic E-state index is 5.60. The fourth-order valence-corrected chi connectivity index (χ4v) is 3.38. The lowest BCUT2D eigenvalue weighted by Gasteiger charge is -2.36. The van der Waals surface area contributed by atoms with E-state index in [1.54, 1.807) is 0 Å². The van der Waals surface area contributed by atoms with E-state index >= 15 is 0 Å². The first-order valence-electron chi connectivity index (χ1n) is 7.34. The number of nitrogens with one attached hydrogen (secondary N) is 1. The molecule has 1 heterocycles. The summed E-state index contributed by atoms with van der Waals surface area (Å²) in [5, 5.41) is 3.39. The molecular formula is C14H28N2O. The van der Waals surface area contributed by atoms with Gasteiger partial charge in [0.25, 0.3) is 0 Å². The minimum atomic E-state index is 0.563. The molecule has 3 heteroatoms. The normalized spacial score (nSPS) is 31.2. The molecule has 0 radical (unpaired) electrons. The number of hydrogen-bond donors (Lipinski definition) is 1. The van der Waals surface area contributed by atoms with Crippen LogP contribution in [0.5, 0.6) is 0 Å². The van der Waals surface area contributed by atoms with E-state index in [0.29, 0.717) is 12.0 Å². The Morgan fingerprint density at radius 3 is 2.59 bits per heavy atom. The molecule has 1 N–H and O–H groups in total. The third-order valence-electron chi connectivity index (χ3n) is 4.54. The van der Waals surface area contributed by atoms with Crippen molar-refractivity contribution in [3.63, 3.8) is 0 Å². The molecule has 2 rings (SSSR count). The fraction of sp³-hybridized carbons (Fsp3) is 1.00. The van der Waals surface area contributed by atoms with Gasteiger partial charge in [0.05, 0.1) is 13.2 Å². The Morgan fingerprint density at radius 2 is 1.94 bits per heavy atom. The second-order valence-electron chi connectivity index (χ2n) is 5.57. The van der Waals surface area contributed by atoms with E-state index in [0.717, 1.165) is 19.3 Å². The Balaban J connectivity index is 1.85. The van der Waals surface area contributed by atoms with Gasteiger partial charge in [-0.3, -0.25) is 0 Å². The molecule has 1 saturated heterocycles. The molecule has 0 amide bonds. The second-order valence-corrected chi connectivity index (χ2v) is 5.57. The van der Waals surface area contributed by atoms with Gasteiger partial charge >= 0.3 is 0 Å². The number of rotatable bonds is 5. The third kappa shape index (κ3) is 3.43. The van der Waals surface area contributed by atoms with Crippen molar-refractivity contribution >= 4 is 0 Å². The molecule has 1 saturated carbocycles. The summed E-state index contributed by atoms with van der Waals surface area (Å²) < 4.78 is 5.60. The predicted molar refractivity (Wildman–Crippen MR) is 71.3 cm³/mol. The molecule has 1 aliphatic heterocycles. The highest BCUT2D eigenvalue weighted by Crippen LogP contribution is 2.24. The zero-order valence-corrected chi connectivity index (χ0v) is 11.5. The molecule has 3 nitrogen and oxygen atoms in total. The van der Waals surface area contributed by atoms with Crippen molar-refractivity contribution in [2.45, 2.75) is 51.1 Å². The maximum atomic E-state index is 5.60. The van der Waals surface area contributed by atoms with Crippen molar-refractivity contribution in [2.75, 3.05) is 33.4 Å². The van der Waals surface area contributed by atoms with Gasteiger partial charge in [0, 0.05) is 24.5 Å². The molecule has 0 aromatic heterocycles. The first-order chi connectivity index (χ1) is 8.35. The fourth-order valence-electron chi connectivity index (χ4n) is 3.38. The molecule has 0 aromatic carbocycles. The molecule has 1 aliphatic carbocycles. The number of likely N-dealkylation sites (N-methyl/N-ethyl adjacent to an activating group) is 1. The average molecular weight is 240 g/mol. The molecule has 0 spiro atoms. The van der Waals surface area contributed by atoms with Crippen LogP contribution in [0.3, 0.4) is 0 Å². The average Bonchev–Trinajstić information content (AvgIpc) is 2.84. The van der Waals surface area contributed by atoms with Crippen LogP contribution in [0, 0.1) is 5.92 Å². The SMILES string of the molecule is CCN(CC1COCC1NC)C1CCCCC1. The molecule has 2 fully saturated rings. The van der Waals surface area contributed by atoms with Crippen LogP contribution in [0.25, 0.3) is 0 Å². The van der Waals surface area contributed by atoms with E-state index in [1.165, 1.54) is 45.2 Å². The summed E-state index contributed by atoms with van der Waals surface area (Å²) >= 11 is 0. The topological polar surface area (TPSA) is 24.5 Å². The molecule has 2 atom stereocenters. The van der Waals surface area contributed by atoms with Crippen LogP contribution in [0.4, 0.5) is 0 Å². The number of hydrogen-bond acceptors (Lipinski definition) is 3. The largest absolute Gasteiger partial charge is 0.379 e. The summed E-state index contributed by atoms with van der Waals surface area (Å²) in [5.41, 5.74) is 0. The Hall–Kier alpha value is -0.120. The van der Waals surface area contributed by atoms with Crippen molar-refractivity contribution in [3.05, 3.63) is 0 Å². The minimum absolute atomic E-state index is 0.563. The summed E-state index contributed by atoms with van der Waals surface area (Å²) in [6.07, 6.45) is 7.12. The van der Waals surface area contributed by atoms with Crippen LogP contribution in [-0.2, 0) is 4.74 Å². The van der Waals surface area contributed by atoms with E-state index < -0.39 is 0 Å². The van der Waals surface area contributed by atoms with E-state index in [9.17, 15) is 0 Å². The van der Waals surface area contributed by atoms with E-state index in [1.807, 2.05) is 0 Å². The molecule has 2 aliphatic rings. The third-order valence-corrected chi connectivity index (χ3v) is 4.54. The number of nitrogens with zero attached hydrogens (tertiary/aromatic N) is 1. The highest BCUT2D eigenvalue weighted by Gasteiger charge is 2.30. The van der Waals surface area contributed by atoms with Crippen LogP contribution < -0.4 is 5.32 Å². The summed E-state index contributed by atoms with van der Waals surface area (Å²) in [6.45, 7) is 6.54. The van der Waals surface area contributed by atoms with E-state index in [4.69, 9.17) is 4.74 Å². The van der Waals surface area contributed by atoms with Gasteiger partial charge in [-0.2, -0.15) is 0 Å². The van der Waals surface area contributed by atoms with Gasteiger partial charge < -0.3 is 15.0 Å². The van der Waals surface area contributed by atoms with Gasteiger partial charge in [0.2, 0.25) is 0 Å². The molecule has 0 aromatic rings. The molecule has 0 bridgehead atoms. The zero-order chi connectivity index (χ0) is 12.1.